The van der Waals surface area contributed by atoms with Crippen LogP contribution in [-0.4, -0.2) is 6.04 Å². The van der Waals surface area contributed by atoms with Gasteiger partial charge < -0.3 is 5.32 Å². The molecule has 0 radical (unpaired) electrons. The van der Waals surface area contributed by atoms with Gasteiger partial charge in [0, 0.05) is 11.7 Å². The second kappa shape index (κ2) is 4.26. The molecule has 1 heteroatoms. The predicted octanol–water partition coefficient (Wildman–Crippen LogP) is 3.84. The lowest BCUT2D eigenvalue weighted by atomic mass is 9.73. The van der Waals surface area contributed by atoms with Gasteiger partial charge in [-0.2, -0.15) is 0 Å². The summed E-state index contributed by atoms with van der Waals surface area (Å²) in [7, 11) is 0. The summed E-state index contributed by atoms with van der Waals surface area (Å²) in [5.74, 6) is 1.79. The average molecular weight is 203 g/mol. The highest BCUT2D eigenvalue weighted by molar-refractivity contribution is 5.45. The minimum atomic E-state index is 0.708. The summed E-state index contributed by atoms with van der Waals surface area (Å²) in [5.41, 5.74) is 2.60. The van der Waals surface area contributed by atoms with Crippen molar-refractivity contribution < 1.29 is 0 Å². The zero-order valence-corrected chi connectivity index (χ0v) is 9.96. The van der Waals surface area contributed by atoms with E-state index < -0.39 is 0 Å². The van der Waals surface area contributed by atoms with E-state index in [-0.39, 0.29) is 0 Å². The molecule has 0 saturated heterocycles. The lowest BCUT2D eigenvalue weighted by Gasteiger charge is -2.39. The molecule has 0 aliphatic heterocycles. The van der Waals surface area contributed by atoms with Crippen LogP contribution in [0.4, 0.5) is 5.69 Å². The summed E-state index contributed by atoms with van der Waals surface area (Å²) in [6.07, 6.45) is 2.68. The van der Waals surface area contributed by atoms with E-state index in [1.165, 1.54) is 24.1 Å². The van der Waals surface area contributed by atoms with Crippen molar-refractivity contribution in [3.8, 4) is 0 Å². The van der Waals surface area contributed by atoms with Gasteiger partial charge in [0.05, 0.1) is 0 Å². The van der Waals surface area contributed by atoms with E-state index in [2.05, 4.69) is 50.4 Å². The molecule has 0 aromatic heterocycles. The van der Waals surface area contributed by atoms with Crippen LogP contribution >= 0.6 is 0 Å². The molecule has 0 amide bonds. The lowest BCUT2D eigenvalue weighted by Crippen LogP contribution is -2.37. The highest BCUT2D eigenvalue weighted by Crippen LogP contribution is 2.35. The van der Waals surface area contributed by atoms with Crippen molar-refractivity contribution in [2.24, 2.45) is 11.8 Å². The zero-order valence-electron chi connectivity index (χ0n) is 9.96. The van der Waals surface area contributed by atoms with E-state index in [0.717, 1.165) is 11.8 Å². The van der Waals surface area contributed by atoms with Crippen LogP contribution in [0.15, 0.2) is 24.3 Å². The highest BCUT2D eigenvalue weighted by atomic mass is 14.9. The predicted molar refractivity (Wildman–Crippen MR) is 66.2 cm³/mol. The number of hydrogen-bond donors (Lipinski definition) is 1. The maximum Gasteiger partial charge on any atom is 0.0342 e. The Morgan fingerprint density at radius 1 is 1.13 bits per heavy atom. The Balaban J connectivity index is 1.82. The second-order valence-electron chi connectivity index (χ2n) is 5.18. The molecule has 1 aromatic carbocycles. The van der Waals surface area contributed by atoms with Gasteiger partial charge in [0.2, 0.25) is 0 Å². The minimum absolute atomic E-state index is 0.708. The Morgan fingerprint density at radius 3 is 2.27 bits per heavy atom. The van der Waals surface area contributed by atoms with Crippen molar-refractivity contribution in [3.05, 3.63) is 29.8 Å². The normalized spacial score (nSPS) is 25.1. The van der Waals surface area contributed by atoms with E-state index in [0.29, 0.717) is 6.04 Å². The molecule has 1 nitrogen and oxygen atoms in total. The summed E-state index contributed by atoms with van der Waals surface area (Å²) in [5, 5.41) is 3.59. The van der Waals surface area contributed by atoms with E-state index in [9.17, 15) is 0 Å². The summed E-state index contributed by atoms with van der Waals surface area (Å²) in [6, 6.07) is 9.40. The van der Waals surface area contributed by atoms with E-state index in [4.69, 9.17) is 0 Å². The monoisotopic (exact) mass is 203 g/mol. The van der Waals surface area contributed by atoms with Gasteiger partial charge in [-0.1, -0.05) is 31.5 Å². The summed E-state index contributed by atoms with van der Waals surface area (Å²) in [6.45, 7) is 6.78. The molecule has 1 N–H and O–H groups in total. The Hall–Kier alpha value is -0.980. The fraction of sp³-hybridized carbons (Fsp3) is 0.571. The van der Waals surface area contributed by atoms with E-state index >= 15 is 0 Å². The fourth-order valence-corrected chi connectivity index (χ4v) is 2.21. The molecule has 0 bridgehead atoms. The maximum absolute atomic E-state index is 3.59. The molecule has 0 spiro atoms. The van der Waals surface area contributed by atoms with Gasteiger partial charge in [0.1, 0.15) is 0 Å². The van der Waals surface area contributed by atoms with Crippen LogP contribution in [0.1, 0.15) is 32.3 Å². The van der Waals surface area contributed by atoms with Crippen molar-refractivity contribution in [1.82, 2.24) is 0 Å². The van der Waals surface area contributed by atoms with Gasteiger partial charge >= 0.3 is 0 Å². The van der Waals surface area contributed by atoms with Crippen LogP contribution in [0.3, 0.4) is 0 Å². The van der Waals surface area contributed by atoms with Gasteiger partial charge in [-0.25, -0.2) is 0 Å². The maximum atomic E-state index is 3.59. The third-order valence-electron chi connectivity index (χ3n) is 3.54. The number of nitrogens with one attached hydrogen (secondary N) is 1. The molecule has 1 aliphatic rings. The number of aryl methyl sites for hydroxylation is 1. The molecular formula is C14H21N. The number of rotatable bonds is 3. The Morgan fingerprint density at radius 2 is 1.73 bits per heavy atom. The third-order valence-corrected chi connectivity index (χ3v) is 3.54. The Kier molecular flexibility index (Phi) is 2.99. The topological polar surface area (TPSA) is 12.0 Å². The van der Waals surface area contributed by atoms with Crippen molar-refractivity contribution in [1.29, 1.82) is 0 Å². The Labute approximate surface area is 92.9 Å². The first-order chi connectivity index (χ1) is 7.15. The van der Waals surface area contributed by atoms with E-state index in [1.807, 2.05) is 0 Å². The fourth-order valence-electron chi connectivity index (χ4n) is 2.21. The van der Waals surface area contributed by atoms with Crippen molar-refractivity contribution in [2.75, 3.05) is 5.32 Å². The standard InChI is InChI=1S/C14H21N/c1-10(2)12-8-14(9-12)15-13-6-4-11(3)5-7-13/h4-7,10,12,14-15H,8-9H2,1-3H3. The summed E-state index contributed by atoms with van der Waals surface area (Å²) < 4.78 is 0. The summed E-state index contributed by atoms with van der Waals surface area (Å²) >= 11 is 0. The van der Waals surface area contributed by atoms with Gasteiger partial charge in [0.15, 0.2) is 0 Å². The molecule has 15 heavy (non-hydrogen) atoms. The molecule has 82 valence electrons. The van der Waals surface area contributed by atoms with Crippen molar-refractivity contribution in [2.45, 2.75) is 39.7 Å². The van der Waals surface area contributed by atoms with Crippen LogP contribution in [0, 0.1) is 18.8 Å². The largest absolute Gasteiger partial charge is 0.382 e. The Bertz CT molecular complexity index is 307. The third kappa shape index (κ3) is 2.53. The van der Waals surface area contributed by atoms with Crippen LogP contribution < -0.4 is 5.32 Å². The quantitative estimate of drug-likeness (QED) is 0.787. The minimum Gasteiger partial charge on any atom is -0.382 e. The highest BCUT2D eigenvalue weighted by Gasteiger charge is 2.30. The van der Waals surface area contributed by atoms with Crippen LogP contribution in [0.2, 0.25) is 0 Å². The van der Waals surface area contributed by atoms with Crippen molar-refractivity contribution >= 4 is 5.69 Å². The zero-order chi connectivity index (χ0) is 10.8. The van der Waals surface area contributed by atoms with Crippen LogP contribution in [-0.2, 0) is 0 Å². The first kappa shape index (κ1) is 10.5. The second-order valence-corrected chi connectivity index (χ2v) is 5.18. The van der Waals surface area contributed by atoms with Gasteiger partial charge in [-0.3, -0.25) is 0 Å². The van der Waals surface area contributed by atoms with Crippen LogP contribution in [0.25, 0.3) is 0 Å². The molecule has 2 rings (SSSR count). The van der Waals surface area contributed by atoms with Crippen molar-refractivity contribution in [3.63, 3.8) is 0 Å². The molecule has 1 fully saturated rings. The molecule has 1 aliphatic carbocycles. The molecule has 1 aromatic rings. The van der Waals surface area contributed by atoms with E-state index in [1.54, 1.807) is 0 Å². The average Bonchev–Trinajstić information content (AvgIpc) is 2.13. The molecule has 0 unspecified atom stereocenters. The first-order valence-electron chi connectivity index (χ1n) is 5.98. The SMILES string of the molecule is Cc1ccc(NC2CC(C(C)C)C2)cc1. The molecule has 1 saturated carbocycles. The number of anilines is 1. The molecule has 0 heterocycles. The number of hydrogen-bond acceptors (Lipinski definition) is 1. The lowest BCUT2D eigenvalue weighted by molar-refractivity contribution is 0.212. The first-order valence-corrected chi connectivity index (χ1v) is 5.98. The molecule has 0 atom stereocenters. The van der Waals surface area contributed by atoms with Gasteiger partial charge in [0.25, 0.3) is 0 Å². The van der Waals surface area contributed by atoms with Gasteiger partial charge in [-0.05, 0) is 43.7 Å². The van der Waals surface area contributed by atoms with Gasteiger partial charge in [-0.15, -0.1) is 0 Å². The number of benzene rings is 1. The molecular weight excluding hydrogens is 182 g/mol. The smallest absolute Gasteiger partial charge is 0.0342 e. The van der Waals surface area contributed by atoms with Crippen LogP contribution in [0.5, 0.6) is 0 Å². The summed E-state index contributed by atoms with van der Waals surface area (Å²) in [4.78, 5) is 0.